The van der Waals surface area contributed by atoms with E-state index in [0.29, 0.717) is 38.4 Å². The van der Waals surface area contributed by atoms with Crippen LogP contribution in [0.1, 0.15) is 10.4 Å². The van der Waals surface area contributed by atoms with E-state index in [4.69, 9.17) is 9.84 Å². The number of amides is 1. The van der Waals surface area contributed by atoms with Gasteiger partial charge < -0.3 is 19.6 Å². The number of rotatable bonds is 4. The zero-order chi connectivity index (χ0) is 18.0. The highest BCUT2D eigenvalue weighted by atomic mass is 16.5. The summed E-state index contributed by atoms with van der Waals surface area (Å²) in [6.45, 7) is 2.66. The second-order valence-corrected chi connectivity index (χ2v) is 6.89. The molecule has 2 aliphatic heterocycles. The highest BCUT2D eigenvalue weighted by Crippen LogP contribution is 2.21. The Hall–Kier alpha value is -2.19. The van der Waals surface area contributed by atoms with Gasteiger partial charge in [-0.05, 0) is 12.1 Å². The van der Waals surface area contributed by atoms with E-state index in [1.807, 2.05) is 34.9 Å². The zero-order valence-electron chi connectivity index (χ0n) is 14.6. The molecule has 1 aromatic heterocycles. The molecule has 3 rings (SSSR count). The third-order valence-corrected chi connectivity index (χ3v) is 4.66. The van der Waals surface area contributed by atoms with Crippen molar-refractivity contribution in [1.82, 2.24) is 14.8 Å². The smallest absolute Gasteiger partial charge is 0.317 e. The first kappa shape index (κ1) is 17.6. The quantitative estimate of drug-likeness (QED) is 0.820. The predicted octanol–water partition coefficient (Wildman–Crippen LogP) is 0.00500. The zero-order valence-corrected chi connectivity index (χ0v) is 14.6. The van der Waals surface area contributed by atoms with Gasteiger partial charge in [-0.3, -0.25) is 14.5 Å². The van der Waals surface area contributed by atoms with Crippen LogP contribution in [0, 0.1) is 5.92 Å². The van der Waals surface area contributed by atoms with Crippen LogP contribution in [0.4, 0.5) is 5.82 Å². The SMILES string of the molecule is CN(C)c1ccc(C(=O)N2C[C@@H]3COC[C@H](C2)N(CC(=O)O)C3)cn1. The summed E-state index contributed by atoms with van der Waals surface area (Å²) >= 11 is 0. The molecule has 2 aliphatic rings. The third kappa shape index (κ3) is 4.08. The van der Waals surface area contributed by atoms with Crippen LogP contribution >= 0.6 is 0 Å². The van der Waals surface area contributed by atoms with Gasteiger partial charge in [0, 0.05) is 45.8 Å². The Labute approximate surface area is 147 Å². The molecule has 1 N–H and O–H groups in total. The molecule has 136 valence electrons. The fraction of sp³-hybridized carbons (Fsp3) is 0.588. The first-order valence-electron chi connectivity index (χ1n) is 8.40. The minimum Gasteiger partial charge on any atom is -0.480 e. The summed E-state index contributed by atoms with van der Waals surface area (Å²) < 4.78 is 5.66. The number of anilines is 1. The van der Waals surface area contributed by atoms with Gasteiger partial charge in [-0.25, -0.2) is 4.98 Å². The lowest BCUT2D eigenvalue weighted by atomic mass is 10.1. The molecule has 0 spiro atoms. The van der Waals surface area contributed by atoms with Crippen molar-refractivity contribution >= 4 is 17.7 Å². The number of aliphatic carboxylic acids is 1. The normalized spacial score (nSPS) is 23.8. The van der Waals surface area contributed by atoms with E-state index in [-0.39, 0.29) is 24.4 Å². The number of nitrogens with zero attached hydrogens (tertiary/aromatic N) is 4. The lowest BCUT2D eigenvalue weighted by Gasteiger charge is -2.30. The summed E-state index contributed by atoms with van der Waals surface area (Å²) in [5.41, 5.74) is 0.552. The van der Waals surface area contributed by atoms with Crippen LogP contribution in [0.15, 0.2) is 18.3 Å². The summed E-state index contributed by atoms with van der Waals surface area (Å²) in [5.74, 6) is -0.00379. The van der Waals surface area contributed by atoms with Crippen molar-refractivity contribution in [3.05, 3.63) is 23.9 Å². The molecule has 0 radical (unpaired) electrons. The highest BCUT2D eigenvalue weighted by Gasteiger charge is 2.36. The summed E-state index contributed by atoms with van der Waals surface area (Å²) in [5, 5.41) is 9.13. The second kappa shape index (κ2) is 7.37. The van der Waals surface area contributed by atoms with Gasteiger partial charge >= 0.3 is 5.97 Å². The van der Waals surface area contributed by atoms with E-state index < -0.39 is 5.97 Å². The number of carboxylic acids is 1. The number of hydrogen-bond donors (Lipinski definition) is 1. The Morgan fingerprint density at radius 2 is 2.08 bits per heavy atom. The Morgan fingerprint density at radius 3 is 2.72 bits per heavy atom. The van der Waals surface area contributed by atoms with Gasteiger partial charge in [0.05, 0.1) is 31.4 Å². The van der Waals surface area contributed by atoms with E-state index in [2.05, 4.69) is 4.98 Å². The molecule has 2 atom stereocenters. The summed E-state index contributed by atoms with van der Waals surface area (Å²) in [6.07, 6.45) is 1.60. The minimum absolute atomic E-state index is 0.0222. The molecule has 1 aromatic rings. The molecule has 0 unspecified atom stereocenters. The average molecular weight is 348 g/mol. The van der Waals surface area contributed by atoms with Gasteiger partial charge in [0.1, 0.15) is 5.82 Å². The van der Waals surface area contributed by atoms with Gasteiger partial charge in [0.25, 0.3) is 5.91 Å². The van der Waals surface area contributed by atoms with Crippen molar-refractivity contribution in [3.8, 4) is 0 Å². The Kier molecular flexibility index (Phi) is 5.19. The van der Waals surface area contributed by atoms with Gasteiger partial charge in [-0.2, -0.15) is 0 Å². The van der Waals surface area contributed by atoms with Crippen molar-refractivity contribution in [2.45, 2.75) is 6.04 Å². The van der Waals surface area contributed by atoms with Crippen LogP contribution in [-0.2, 0) is 9.53 Å². The molecule has 25 heavy (non-hydrogen) atoms. The summed E-state index contributed by atoms with van der Waals surface area (Å²) in [7, 11) is 3.80. The van der Waals surface area contributed by atoms with Gasteiger partial charge in [-0.15, -0.1) is 0 Å². The van der Waals surface area contributed by atoms with Gasteiger partial charge in [-0.1, -0.05) is 0 Å². The molecule has 0 saturated carbocycles. The first-order valence-corrected chi connectivity index (χ1v) is 8.40. The number of aromatic nitrogens is 1. The molecular weight excluding hydrogens is 324 g/mol. The molecular formula is C17H24N4O4. The largest absolute Gasteiger partial charge is 0.480 e. The highest BCUT2D eigenvalue weighted by molar-refractivity contribution is 5.94. The molecule has 1 amide bonds. The van der Waals surface area contributed by atoms with Crippen LogP contribution in [0.2, 0.25) is 0 Å². The summed E-state index contributed by atoms with van der Waals surface area (Å²) in [6, 6.07) is 3.52. The fourth-order valence-electron chi connectivity index (χ4n) is 3.42. The monoisotopic (exact) mass is 348 g/mol. The van der Waals surface area contributed by atoms with E-state index >= 15 is 0 Å². The molecule has 8 heteroatoms. The Balaban J connectivity index is 1.76. The number of fused-ring (bicyclic) bond motifs is 3. The van der Waals surface area contributed by atoms with Crippen molar-refractivity contribution in [3.63, 3.8) is 0 Å². The van der Waals surface area contributed by atoms with Crippen LogP contribution in [-0.4, -0.2) is 91.3 Å². The van der Waals surface area contributed by atoms with Gasteiger partial charge in [0.15, 0.2) is 0 Å². The number of hydrogen-bond acceptors (Lipinski definition) is 6. The third-order valence-electron chi connectivity index (χ3n) is 4.66. The Bertz CT molecular complexity index is 634. The minimum atomic E-state index is -0.853. The van der Waals surface area contributed by atoms with Crippen LogP contribution in [0.25, 0.3) is 0 Å². The van der Waals surface area contributed by atoms with Crippen LogP contribution < -0.4 is 4.90 Å². The molecule has 8 nitrogen and oxygen atoms in total. The summed E-state index contributed by atoms with van der Waals surface area (Å²) in [4.78, 5) is 33.9. The van der Waals surface area contributed by atoms with Crippen LogP contribution in [0.5, 0.6) is 0 Å². The van der Waals surface area contributed by atoms with E-state index in [9.17, 15) is 9.59 Å². The molecule has 2 saturated heterocycles. The predicted molar refractivity (Wildman–Crippen MR) is 91.8 cm³/mol. The first-order chi connectivity index (χ1) is 11.9. The van der Waals surface area contributed by atoms with Crippen molar-refractivity contribution in [2.24, 2.45) is 5.92 Å². The van der Waals surface area contributed by atoms with Crippen molar-refractivity contribution in [1.29, 1.82) is 0 Å². The number of pyridine rings is 1. The van der Waals surface area contributed by atoms with Gasteiger partial charge in [0.2, 0.25) is 0 Å². The molecule has 2 fully saturated rings. The molecule has 3 heterocycles. The van der Waals surface area contributed by atoms with E-state index in [1.165, 1.54) is 0 Å². The van der Waals surface area contributed by atoms with Crippen molar-refractivity contribution < 1.29 is 19.4 Å². The maximum absolute atomic E-state index is 12.9. The number of carbonyl (C=O) groups is 2. The lowest BCUT2D eigenvalue weighted by molar-refractivity contribution is -0.139. The van der Waals surface area contributed by atoms with Crippen molar-refractivity contribution in [2.75, 3.05) is 58.4 Å². The number of carboxylic acid groups (broad SMARTS) is 1. The number of ether oxygens (including phenoxy) is 1. The molecule has 0 aliphatic carbocycles. The second-order valence-electron chi connectivity index (χ2n) is 6.89. The topological polar surface area (TPSA) is 86.2 Å². The maximum atomic E-state index is 12.9. The van der Waals surface area contributed by atoms with Crippen LogP contribution in [0.3, 0.4) is 0 Å². The lowest BCUT2D eigenvalue weighted by Crippen LogP contribution is -2.47. The number of carbonyl (C=O) groups excluding carboxylic acids is 1. The molecule has 2 bridgehead atoms. The maximum Gasteiger partial charge on any atom is 0.317 e. The Morgan fingerprint density at radius 1 is 1.28 bits per heavy atom. The molecule has 0 aromatic carbocycles. The van der Waals surface area contributed by atoms with E-state index in [1.54, 1.807) is 12.3 Å². The standard InChI is InChI=1S/C17H24N4O4/c1-19(2)15-4-3-13(5-18-15)17(24)21-7-12-6-20(9-16(22)23)14(8-21)11-25-10-12/h3-5,12,14H,6-11H2,1-2H3,(H,22,23)/t12-,14+/m1/s1. The average Bonchev–Trinajstić information content (AvgIpc) is 2.83. The fourth-order valence-corrected chi connectivity index (χ4v) is 3.42. The van der Waals surface area contributed by atoms with E-state index in [0.717, 1.165) is 5.82 Å².